The van der Waals surface area contributed by atoms with E-state index in [1.54, 1.807) is 12.1 Å². The first-order chi connectivity index (χ1) is 9.49. The number of carboxylic acids is 1. The second-order valence-corrected chi connectivity index (χ2v) is 4.45. The van der Waals surface area contributed by atoms with Crippen LogP contribution in [0.15, 0.2) is 42.5 Å². The molecule has 0 radical (unpaired) electrons. The normalized spacial score (nSPS) is 10.1. The minimum atomic E-state index is -1.11. The summed E-state index contributed by atoms with van der Waals surface area (Å²) in [6.07, 6.45) is 0. The lowest BCUT2D eigenvalue weighted by Gasteiger charge is -2.09. The molecule has 0 saturated carbocycles. The number of nitrogens with one attached hydrogen (secondary N) is 1. The second kappa shape index (κ2) is 5.63. The molecule has 0 aliphatic rings. The molecule has 5 nitrogen and oxygen atoms in total. The highest BCUT2D eigenvalue weighted by Gasteiger charge is 2.13. The van der Waals surface area contributed by atoms with Crippen LogP contribution in [-0.4, -0.2) is 17.0 Å². The molecular weight excluding hydrogens is 280 g/mol. The van der Waals surface area contributed by atoms with Gasteiger partial charge in [0.05, 0.1) is 22.0 Å². The molecule has 0 aromatic heterocycles. The number of nitrogens with two attached hydrogens (primary N) is 1. The first-order valence-electron chi connectivity index (χ1n) is 5.67. The smallest absolute Gasteiger partial charge is 0.337 e. The monoisotopic (exact) mass is 290 g/mol. The van der Waals surface area contributed by atoms with Crippen molar-refractivity contribution >= 4 is 34.9 Å². The van der Waals surface area contributed by atoms with Crippen LogP contribution in [0.3, 0.4) is 0 Å². The van der Waals surface area contributed by atoms with Crippen molar-refractivity contribution in [1.29, 1.82) is 0 Å². The maximum absolute atomic E-state index is 12.0. The van der Waals surface area contributed by atoms with Crippen LogP contribution in [0, 0.1) is 0 Å². The van der Waals surface area contributed by atoms with Crippen molar-refractivity contribution in [3.8, 4) is 0 Å². The highest BCUT2D eigenvalue weighted by atomic mass is 35.5. The Morgan fingerprint density at radius 2 is 1.85 bits per heavy atom. The van der Waals surface area contributed by atoms with E-state index in [2.05, 4.69) is 5.32 Å². The van der Waals surface area contributed by atoms with E-state index in [1.165, 1.54) is 30.3 Å². The summed E-state index contributed by atoms with van der Waals surface area (Å²) >= 11 is 5.84. The fourth-order valence-corrected chi connectivity index (χ4v) is 1.82. The molecule has 0 unspecified atom stereocenters. The Labute approximate surface area is 120 Å². The number of hydrogen-bond donors (Lipinski definition) is 3. The molecule has 2 aromatic rings. The van der Waals surface area contributed by atoms with Gasteiger partial charge >= 0.3 is 5.97 Å². The highest BCUT2D eigenvalue weighted by Crippen LogP contribution is 2.21. The van der Waals surface area contributed by atoms with E-state index < -0.39 is 11.9 Å². The Hall–Kier alpha value is -2.53. The predicted molar refractivity (Wildman–Crippen MR) is 77.2 cm³/mol. The highest BCUT2D eigenvalue weighted by molar-refractivity contribution is 6.33. The van der Waals surface area contributed by atoms with E-state index >= 15 is 0 Å². The fourth-order valence-electron chi connectivity index (χ4n) is 1.64. The quantitative estimate of drug-likeness (QED) is 0.758. The number of hydrogen-bond acceptors (Lipinski definition) is 3. The van der Waals surface area contributed by atoms with Crippen molar-refractivity contribution in [2.24, 2.45) is 0 Å². The lowest BCUT2D eigenvalue weighted by Crippen LogP contribution is -2.14. The van der Waals surface area contributed by atoms with Crippen molar-refractivity contribution in [3.63, 3.8) is 0 Å². The molecule has 2 aromatic carbocycles. The Morgan fingerprint density at radius 3 is 2.50 bits per heavy atom. The van der Waals surface area contributed by atoms with Crippen LogP contribution in [0.2, 0.25) is 5.02 Å². The zero-order valence-electron chi connectivity index (χ0n) is 10.3. The number of anilines is 2. The third-order valence-electron chi connectivity index (χ3n) is 2.67. The number of rotatable bonds is 3. The molecule has 0 aliphatic carbocycles. The van der Waals surface area contributed by atoms with Gasteiger partial charge in [0.1, 0.15) is 0 Å². The van der Waals surface area contributed by atoms with Crippen LogP contribution in [0.1, 0.15) is 20.7 Å². The largest absolute Gasteiger partial charge is 0.478 e. The van der Waals surface area contributed by atoms with E-state index in [4.69, 9.17) is 22.4 Å². The van der Waals surface area contributed by atoms with Crippen molar-refractivity contribution in [3.05, 3.63) is 58.6 Å². The number of nitrogen functional groups attached to an aromatic ring is 1. The summed E-state index contributed by atoms with van der Waals surface area (Å²) in [5.41, 5.74) is 6.47. The Balaban J connectivity index is 2.28. The molecule has 0 atom stereocenters. The molecule has 2 rings (SSSR count). The second-order valence-electron chi connectivity index (χ2n) is 4.04. The summed E-state index contributed by atoms with van der Waals surface area (Å²) in [5, 5.41) is 11.8. The van der Waals surface area contributed by atoms with Crippen LogP contribution in [-0.2, 0) is 0 Å². The Kier molecular flexibility index (Phi) is 3.91. The average molecular weight is 291 g/mol. The number of para-hydroxylation sites is 1. The lowest BCUT2D eigenvalue weighted by molar-refractivity contribution is 0.0698. The van der Waals surface area contributed by atoms with Crippen molar-refractivity contribution < 1.29 is 14.7 Å². The molecule has 102 valence electrons. The molecular formula is C14H11ClN2O3. The lowest BCUT2D eigenvalue weighted by atomic mass is 10.1. The van der Waals surface area contributed by atoms with Gasteiger partial charge in [-0.2, -0.15) is 0 Å². The SMILES string of the molecule is Nc1ccc(C(=O)Nc2ccccc2C(=O)O)cc1Cl. The Morgan fingerprint density at radius 1 is 1.15 bits per heavy atom. The number of carbonyl (C=O) groups is 2. The topological polar surface area (TPSA) is 92.4 Å². The summed E-state index contributed by atoms with van der Waals surface area (Å²) in [6, 6.07) is 10.6. The molecule has 1 amide bonds. The third-order valence-corrected chi connectivity index (χ3v) is 3.00. The first-order valence-corrected chi connectivity index (χ1v) is 6.05. The zero-order valence-corrected chi connectivity index (χ0v) is 11.0. The molecule has 0 aliphatic heterocycles. The molecule has 20 heavy (non-hydrogen) atoms. The number of aromatic carboxylic acids is 1. The number of carboxylic acid groups (broad SMARTS) is 1. The molecule has 0 heterocycles. The number of benzene rings is 2. The van der Waals surface area contributed by atoms with Gasteiger partial charge in [-0.25, -0.2) is 4.79 Å². The zero-order chi connectivity index (χ0) is 14.7. The first kappa shape index (κ1) is 13.9. The molecule has 0 bridgehead atoms. The van der Waals surface area contributed by atoms with Crippen LogP contribution in [0.4, 0.5) is 11.4 Å². The Bertz CT molecular complexity index is 686. The predicted octanol–water partition coefficient (Wildman–Crippen LogP) is 2.87. The average Bonchev–Trinajstić information content (AvgIpc) is 2.42. The minimum Gasteiger partial charge on any atom is -0.478 e. The van der Waals surface area contributed by atoms with Crippen LogP contribution >= 0.6 is 11.6 Å². The van der Waals surface area contributed by atoms with E-state index in [1.807, 2.05) is 0 Å². The molecule has 6 heteroatoms. The maximum atomic E-state index is 12.0. The summed E-state index contributed by atoms with van der Waals surface area (Å²) in [6.45, 7) is 0. The summed E-state index contributed by atoms with van der Waals surface area (Å²) < 4.78 is 0. The van der Waals surface area contributed by atoms with Gasteiger partial charge in [0.2, 0.25) is 0 Å². The van der Waals surface area contributed by atoms with E-state index in [0.717, 1.165) is 0 Å². The van der Waals surface area contributed by atoms with Crippen LogP contribution in [0.5, 0.6) is 0 Å². The number of carbonyl (C=O) groups excluding carboxylic acids is 1. The van der Waals surface area contributed by atoms with Gasteiger partial charge in [0, 0.05) is 5.56 Å². The standard InChI is InChI=1S/C14H11ClN2O3/c15-10-7-8(5-6-11(10)16)13(18)17-12-4-2-1-3-9(12)14(19)20/h1-7H,16H2,(H,17,18)(H,19,20). The molecule has 4 N–H and O–H groups in total. The van der Waals surface area contributed by atoms with Gasteiger partial charge in [-0.15, -0.1) is 0 Å². The number of halogens is 1. The summed E-state index contributed by atoms with van der Waals surface area (Å²) in [7, 11) is 0. The van der Waals surface area contributed by atoms with Crippen LogP contribution in [0.25, 0.3) is 0 Å². The van der Waals surface area contributed by atoms with E-state index in [0.29, 0.717) is 11.3 Å². The fraction of sp³-hybridized carbons (Fsp3) is 0. The molecule has 0 fully saturated rings. The van der Waals surface area contributed by atoms with Gasteiger partial charge in [0.15, 0.2) is 0 Å². The van der Waals surface area contributed by atoms with Crippen LogP contribution < -0.4 is 11.1 Å². The van der Waals surface area contributed by atoms with Crippen molar-refractivity contribution in [1.82, 2.24) is 0 Å². The van der Waals surface area contributed by atoms with Crippen molar-refractivity contribution in [2.75, 3.05) is 11.1 Å². The number of amides is 1. The van der Waals surface area contributed by atoms with E-state index in [9.17, 15) is 9.59 Å². The van der Waals surface area contributed by atoms with Gasteiger partial charge in [-0.05, 0) is 30.3 Å². The molecule has 0 saturated heterocycles. The molecule has 0 spiro atoms. The van der Waals surface area contributed by atoms with Gasteiger partial charge < -0.3 is 16.2 Å². The van der Waals surface area contributed by atoms with Gasteiger partial charge in [0.25, 0.3) is 5.91 Å². The van der Waals surface area contributed by atoms with Crippen molar-refractivity contribution in [2.45, 2.75) is 0 Å². The van der Waals surface area contributed by atoms with Gasteiger partial charge in [-0.1, -0.05) is 23.7 Å². The summed E-state index contributed by atoms with van der Waals surface area (Å²) in [4.78, 5) is 23.1. The minimum absolute atomic E-state index is 0.0161. The third kappa shape index (κ3) is 2.89. The summed E-state index contributed by atoms with van der Waals surface area (Å²) in [5.74, 6) is -1.57. The van der Waals surface area contributed by atoms with Gasteiger partial charge in [-0.3, -0.25) is 4.79 Å². The van der Waals surface area contributed by atoms with E-state index in [-0.39, 0.29) is 16.3 Å². The maximum Gasteiger partial charge on any atom is 0.337 e.